The summed E-state index contributed by atoms with van der Waals surface area (Å²) in [7, 11) is -4.17. The van der Waals surface area contributed by atoms with Crippen LogP contribution in [0.2, 0.25) is 5.02 Å². The van der Waals surface area contributed by atoms with Gasteiger partial charge in [0.05, 0.1) is 10.6 Å². The van der Waals surface area contributed by atoms with E-state index in [4.69, 9.17) is 11.6 Å². The number of carbonyl (C=O) groups is 2. The van der Waals surface area contributed by atoms with Gasteiger partial charge >= 0.3 is 0 Å². The van der Waals surface area contributed by atoms with Gasteiger partial charge in [0.25, 0.3) is 10.0 Å². The quantitative estimate of drug-likeness (QED) is 0.270. The molecule has 3 rings (SSSR count). The van der Waals surface area contributed by atoms with Crippen molar-refractivity contribution in [2.45, 2.75) is 77.9 Å². The number of anilines is 1. The fraction of sp³-hybridized carbons (Fsp3) is 0.375. The largest absolute Gasteiger partial charge is 0.352 e. The van der Waals surface area contributed by atoms with Crippen LogP contribution in [0, 0.1) is 20.8 Å². The van der Waals surface area contributed by atoms with E-state index in [1.54, 1.807) is 37.3 Å². The second kappa shape index (κ2) is 14.0. The first-order valence-corrected chi connectivity index (χ1v) is 15.7. The average molecular weight is 598 g/mol. The fourth-order valence-electron chi connectivity index (χ4n) is 4.53. The van der Waals surface area contributed by atoms with Crippen LogP contribution in [0.3, 0.4) is 0 Å². The molecule has 9 heteroatoms. The molecule has 0 aliphatic rings. The number of sulfonamides is 1. The van der Waals surface area contributed by atoms with Crippen LogP contribution >= 0.6 is 11.6 Å². The highest BCUT2D eigenvalue weighted by molar-refractivity contribution is 7.92. The van der Waals surface area contributed by atoms with Gasteiger partial charge in [-0.3, -0.25) is 13.9 Å². The Balaban J connectivity index is 2.11. The van der Waals surface area contributed by atoms with Crippen LogP contribution in [0.25, 0.3) is 0 Å². The van der Waals surface area contributed by atoms with E-state index in [9.17, 15) is 18.0 Å². The smallest absolute Gasteiger partial charge is 0.264 e. The number of nitrogens with one attached hydrogen (secondary N) is 1. The van der Waals surface area contributed by atoms with Gasteiger partial charge < -0.3 is 10.2 Å². The molecular formula is C32H40ClN3O4S. The number of rotatable bonds is 12. The van der Waals surface area contributed by atoms with Crippen molar-refractivity contribution in [2.24, 2.45) is 0 Å². The number of nitrogens with zero attached hydrogens (tertiary/aromatic N) is 2. The third-order valence-corrected chi connectivity index (χ3v) is 9.33. The lowest BCUT2D eigenvalue weighted by molar-refractivity contribution is -0.140. The van der Waals surface area contributed by atoms with Crippen LogP contribution in [-0.2, 0) is 26.2 Å². The highest BCUT2D eigenvalue weighted by atomic mass is 35.5. The maximum absolute atomic E-state index is 14.2. The Kier molecular flexibility index (Phi) is 11.0. The second-order valence-corrected chi connectivity index (χ2v) is 12.7. The Hall–Kier alpha value is -3.36. The summed E-state index contributed by atoms with van der Waals surface area (Å²) in [6.45, 7) is 11.0. The molecular weight excluding hydrogens is 558 g/mol. The molecule has 0 bridgehead atoms. The summed E-state index contributed by atoms with van der Waals surface area (Å²) in [5, 5.41) is 3.34. The number of halogens is 1. The van der Waals surface area contributed by atoms with Crippen LogP contribution in [-0.4, -0.2) is 43.8 Å². The summed E-state index contributed by atoms with van der Waals surface area (Å²) in [4.78, 5) is 29.2. The molecule has 41 heavy (non-hydrogen) atoms. The van der Waals surface area contributed by atoms with E-state index in [-0.39, 0.29) is 23.4 Å². The van der Waals surface area contributed by atoms with Crippen LogP contribution in [0.5, 0.6) is 0 Å². The van der Waals surface area contributed by atoms with E-state index in [0.717, 1.165) is 27.4 Å². The number of carbonyl (C=O) groups excluding carboxylic acids is 2. The minimum atomic E-state index is -4.17. The van der Waals surface area contributed by atoms with Crippen molar-refractivity contribution < 1.29 is 18.0 Å². The summed E-state index contributed by atoms with van der Waals surface area (Å²) in [5.74, 6) is -0.759. The van der Waals surface area contributed by atoms with Crippen molar-refractivity contribution in [3.63, 3.8) is 0 Å². The minimum Gasteiger partial charge on any atom is -0.352 e. The molecule has 0 unspecified atom stereocenters. The SMILES string of the molecule is CC[C@H](C(=O)N[C@@H](C)CC)N(Cc1ccccc1C)C(=O)CN(c1cc(Cl)ccc1C)S(=O)(=O)c1ccc(C)cc1. The number of aryl methyl sites for hydroxylation is 3. The van der Waals surface area contributed by atoms with Crippen LogP contribution in [0.1, 0.15) is 55.9 Å². The van der Waals surface area contributed by atoms with Crippen LogP contribution in [0.15, 0.2) is 71.6 Å². The molecule has 7 nitrogen and oxygen atoms in total. The zero-order valence-electron chi connectivity index (χ0n) is 24.6. The third kappa shape index (κ3) is 7.89. The Bertz CT molecular complexity index is 1470. The highest BCUT2D eigenvalue weighted by Gasteiger charge is 2.34. The van der Waals surface area contributed by atoms with Gasteiger partial charge in [-0.15, -0.1) is 0 Å². The van der Waals surface area contributed by atoms with Crippen molar-refractivity contribution >= 4 is 39.1 Å². The molecule has 0 aliphatic heterocycles. The maximum Gasteiger partial charge on any atom is 0.264 e. The predicted molar refractivity (Wildman–Crippen MR) is 166 cm³/mol. The Morgan fingerprint density at radius 3 is 2.17 bits per heavy atom. The molecule has 0 radical (unpaired) electrons. The molecule has 0 saturated carbocycles. The first kappa shape index (κ1) is 32.2. The lowest BCUT2D eigenvalue weighted by atomic mass is 10.1. The van der Waals surface area contributed by atoms with E-state index in [2.05, 4.69) is 5.32 Å². The summed E-state index contributed by atoms with van der Waals surface area (Å²) in [6, 6.07) is 18.2. The maximum atomic E-state index is 14.2. The molecule has 0 saturated heterocycles. The summed E-state index contributed by atoms with van der Waals surface area (Å²) >= 11 is 6.31. The lowest BCUT2D eigenvalue weighted by Gasteiger charge is -2.34. The monoisotopic (exact) mass is 597 g/mol. The number of hydrogen-bond donors (Lipinski definition) is 1. The zero-order valence-corrected chi connectivity index (χ0v) is 26.2. The van der Waals surface area contributed by atoms with E-state index >= 15 is 0 Å². The van der Waals surface area contributed by atoms with E-state index in [1.165, 1.54) is 17.0 Å². The van der Waals surface area contributed by atoms with E-state index < -0.39 is 28.5 Å². The van der Waals surface area contributed by atoms with Gasteiger partial charge in [0.2, 0.25) is 11.8 Å². The molecule has 220 valence electrons. The topological polar surface area (TPSA) is 86.8 Å². The highest BCUT2D eigenvalue weighted by Crippen LogP contribution is 2.30. The van der Waals surface area contributed by atoms with Gasteiger partial charge in [0, 0.05) is 17.6 Å². The molecule has 0 heterocycles. The number of hydrogen-bond acceptors (Lipinski definition) is 4. The molecule has 3 aromatic carbocycles. The van der Waals surface area contributed by atoms with Crippen molar-refractivity contribution in [1.82, 2.24) is 10.2 Å². The summed E-state index contributed by atoms with van der Waals surface area (Å²) < 4.78 is 29.2. The molecule has 1 N–H and O–H groups in total. The van der Waals surface area contributed by atoms with Gasteiger partial charge in [-0.25, -0.2) is 8.42 Å². The van der Waals surface area contributed by atoms with Gasteiger partial charge in [-0.1, -0.05) is 73.5 Å². The van der Waals surface area contributed by atoms with E-state index in [1.807, 2.05) is 58.9 Å². The second-order valence-electron chi connectivity index (χ2n) is 10.4. The molecule has 3 aromatic rings. The minimum absolute atomic E-state index is 0.0577. The molecule has 0 spiro atoms. The summed E-state index contributed by atoms with van der Waals surface area (Å²) in [6.07, 6.45) is 1.10. The summed E-state index contributed by atoms with van der Waals surface area (Å²) in [5.41, 5.74) is 3.71. The normalized spacial score (nSPS) is 12.9. The number of amides is 2. The average Bonchev–Trinajstić information content (AvgIpc) is 2.94. The van der Waals surface area contributed by atoms with Crippen LogP contribution in [0.4, 0.5) is 5.69 Å². The first-order valence-electron chi connectivity index (χ1n) is 13.9. The lowest BCUT2D eigenvalue weighted by Crippen LogP contribution is -2.53. The van der Waals surface area contributed by atoms with Gasteiger partial charge in [0.15, 0.2) is 0 Å². The van der Waals surface area contributed by atoms with Gasteiger partial charge in [0.1, 0.15) is 12.6 Å². The van der Waals surface area contributed by atoms with Crippen molar-refractivity contribution in [3.8, 4) is 0 Å². The first-order chi connectivity index (χ1) is 19.4. The zero-order chi connectivity index (χ0) is 30.3. The molecule has 0 fully saturated rings. The molecule has 2 amide bonds. The number of benzene rings is 3. The van der Waals surface area contributed by atoms with E-state index in [0.29, 0.717) is 22.7 Å². The van der Waals surface area contributed by atoms with Crippen molar-refractivity contribution in [2.75, 3.05) is 10.8 Å². The van der Waals surface area contributed by atoms with Crippen molar-refractivity contribution in [1.29, 1.82) is 0 Å². The van der Waals surface area contributed by atoms with Crippen LogP contribution < -0.4 is 9.62 Å². The predicted octanol–water partition coefficient (Wildman–Crippen LogP) is 6.18. The standard InChI is InChI=1S/C32H40ClN3O4S/c1-7-25(6)34-32(38)29(8-2)35(20-26-12-10-9-11-23(26)4)31(37)21-36(30-19-27(33)16-15-24(30)5)41(39,40)28-17-13-22(3)14-18-28/h9-19,25,29H,7-8,20-21H2,1-6H3,(H,34,38)/t25-,29+/m0/s1. The molecule has 2 atom stereocenters. The Labute approximate surface area is 249 Å². The van der Waals surface area contributed by atoms with Gasteiger partial charge in [-0.05, 0) is 81.5 Å². The Morgan fingerprint density at radius 2 is 1.56 bits per heavy atom. The Morgan fingerprint density at radius 1 is 0.902 bits per heavy atom. The fourth-order valence-corrected chi connectivity index (χ4v) is 6.17. The molecule has 0 aromatic heterocycles. The molecule has 0 aliphatic carbocycles. The third-order valence-electron chi connectivity index (χ3n) is 7.32. The van der Waals surface area contributed by atoms with Gasteiger partial charge in [-0.2, -0.15) is 0 Å². The van der Waals surface area contributed by atoms with Crippen molar-refractivity contribution in [3.05, 3.63) is 94.0 Å².